The van der Waals surface area contributed by atoms with Crippen LogP contribution in [0.25, 0.3) is 0 Å². The molecule has 0 aliphatic heterocycles. The van der Waals surface area contributed by atoms with Crippen LogP contribution in [0.3, 0.4) is 0 Å². The van der Waals surface area contributed by atoms with Crippen molar-refractivity contribution in [1.29, 1.82) is 0 Å². The van der Waals surface area contributed by atoms with Crippen molar-refractivity contribution < 1.29 is 18.3 Å². The van der Waals surface area contributed by atoms with Gasteiger partial charge in [-0.2, -0.15) is 0 Å². The summed E-state index contributed by atoms with van der Waals surface area (Å²) in [5, 5.41) is 2.40. The standard InChI is InChI=1S/C12H16F2N2O2/c1-12(2,3)18-11(17)16-9-5-4-7(10(13)14)6-8(9)15/h4-6,10H,15H2,1-3H3,(H,16,17). The molecule has 0 saturated carbocycles. The Bertz CT molecular complexity index is 442. The van der Waals surface area contributed by atoms with Crippen LogP contribution in [-0.2, 0) is 4.74 Å². The summed E-state index contributed by atoms with van der Waals surface area (Å²) in [5.74, 6) is 0. The number of carbonyl (C=O) groups excluding carboxylic acids is 1. The molecule has 0 saturated heterocycles. The molecule has 0 fully saturated rings. The molecule has 0 atom stereocenters. The van der Waals surface area contributed by atoms with Crippen molar-refractivity contribution in [3.05, 3.63) is 23.8 Å². The van der Waals surface area contributed by atoms with Crippen molar-refractivity contribution in [1.82, 2.24) is 0 Å². The highest BCUT2D eigenvalue weighted by Gasteiger charge is 2.17. The number of anilines is 2. The third-order valence-corrected chi connectivity index (χ3v) is 1.96. The number of amides is 1. The van der Waals surface area contributed by atoms with Gasteiger partial charge in [0.1, 0.15) is 5.60 Å². The fourth-order valence-corrected chi connectivity index (χ4v) is 1.24. The molecule has 3 N–H and O–H groups in total. The van der Waals surface area contributed by atoms with Crippen molar-refractivity contribution in [2.45, 2.75) is 32.8 Å². The summed E-state index contributed by atoms with van der Waals surface area (Å²) < 4.78 is 29.8. The van der Waals surface area contributed by atoms with E-state index in [9.17, 15) is 13.6 Å². The highest BCUT2D eigenvalue weighted by Crippen LogP contribution is 2.26. The highest BCUT2D eigenvalue weighted by molar-refractivity contribution is 5.89. The molecule has 0 aliphatic rings. The second kappa shape index (κ2) is 5.20. The van der Waals surface area contributed by atoms with E-state index < -0.39 is 18.1 Å². The number of nitrogen functional groups attached to an aromatic ring is 1. The molecule has 0 radical (unpaired) electrons. The minimum absolute atomic E-state index is 0.0682. The average molecular weight is 258 g/mol. The SMILES string of the molecule is CC(C)(C)OC(=O)Nc1ccc(C(F)F)cc1N. The zero-order valence-corrected chi connectivity index (χ0v) is 10.5. The van der Waals surface area contributed by atoms with Gasteiger partial charge in [0, 0.05) is 5.56 Å². The van der Waals surface area contributed by atoms with Gasteiger partial charge in [0.25, 0.3) is 6.43 Å². The number of alkyl halides is 2. The Labute approximate surface area is 104 Å². The molecule has 1 rings (SSSR count). The quantitative estimate of drug-likeness (QED) is 0.797. The molecule has 0 bridgehead atoms. The van der Waals surface area contributed by atoms with Crippen LogP contribution in [0, 0.1) is 0 Å². The van der Waals surface area contributed by atoms with Gasteiger partial charge >= 0.3 is 6.09 Å². The normalized spacial score (nSPS) is 11.4. The van der Waals surface area contributed by atoms with E-state index in [2.05, 4.69) is 5.32 Å². The molecule has 1 aromatic rings. The number of benzene rings is 1. The molecule has 0 aromatic heterocycles. The van der Waals surface area contributed by atoms with E-state index in [4.69, 9.17) is 10.5 Å². The van der Waals surface area contributed by atoms with Crippen LogP contribution in [0.5, 0.6) is 0 Å². The number of nitrogens with one attached hydrogen (secondary N) is 1. The minimum Gasteiger partial charge on any atom is -0.444 e. The van der Waals surface area contributed by atoms with Gasteiger partial charge in [0.05, 0.1) is 11.4 Å². The lowest BCUT2D eigenvalue weighted by Crippen LogP contribution is -2.27. The second-order valence-electron chi connectivity index (χ2n) is 4.77. The van der Waals surface area contributed by atoms with Crippen LogP contribution < -0.4 is 11.1 Å². The minimum atomic E-state index is -2.59. The zero-order valence-electron chi connectivity index (χ0n) is 10.5. The van der Waals surface area contributed by atoms with Crippen molar-refractivity contribution in [2.75, 3.05) is 11.1 Å². The zero-order chi connectivity index (χ0) is 13.9. The molecule has 0 spiro atoms. The number of carbonyl (C=O) groups is 1. The van der Waals surface area contributed by atoms with Gasteiger partial charge in [0.15, 0.2) is 0 Å². The first-order valence-electron chi connectivity index (χ1n) is 5.36. The topological polar surface area (TPSA) is 64.3 Å². The first kappa shape index (κ1) is 14.2. The van der Waals surface area contributed by atoms with Gasteiger partial charge in [-0.3, -0.25) is 5.32 Å². The molecule has 18 heavy (non-hydrogen) atoms. The van der Waals surface area contributed by atoms with E-state index in [1.807, 2.05) is 0 Å². The van der Waals surface area contributed by atoms with E-state index in [1.165, 1.54) is 12.1 Å². The second-order valence-corrected chi connectivity index (χ2v) is 4.77. The van der Waals surface area contributed by atoms with Crippen molar-refractivity contribution >= 4 is 17.5 Å². The lowest BCUT2D eigenvalue weighted by Gasteiger charge is -2.20. The largest absolute Gasteiger partial charge is 0.444 e. The molecule has 6 heteroatoms. The third-order valence-electron chi connectivity index (χ3n) is 1.96. The first-order chi connectivity index (χ1) is 8.19. The lowest BCUT2D eigenvalue weighted by molar-refractivity contribution is 0.0636. The van der Waals surface area contributed by atoms with Gasteiger partial charge in [-0.1, -0.05) is 6.07 Å². The van der Waals surface area contributed by atoms with Crippen LogP contribution >= 0.6 is 0 Å². The van der Waals surface area contributed by atoms with Crippen molar-refractivity contribution in [2.24, 2.45) is 0 Å². The average Bonchev–Trinajstić information content (AvgIpc) is 2.17. The Hall–Kier alpha value is -1.85. The molecular weight excluding hydrogens is 242 g/mol. The lowest BCUT2D eigenvalue weighted by atomic mass is 10.2. The van der Waals surface area contributed by atoms with Gasteiger partial charge in [-0.05, 0) is 32.9 Å². The molecule has 1 amide bonds. The van der Waals surface area contributed by atoms with Crippen LogP contribution in [0.4, 0.5) is 25.0 Å². The summed E-state index contributed by atoms with van der Waals surface area (Å²) in [4.78, 5) is 11.5. The van der Waals surface area contributed by atoms with Crippen LogP contribution in [0.15, 0.2) is 18.2 Å². The van der Waals surface area contributed by atoms with Gasteiger partial charge < -0.3 is 10.5 Å². The molecule has 1 aromatic carbocycles. The highest BCUT2D eigenvalue weighted by atomic mass is 19.3. The van der Waals surface area contributed by atoms with E-state index in [0.29, 0.717) is 0 Å². The third kappa shape index (κ3) is 4.20. The molecule has 0 aliphatic carbocycles. The number of ether oxygens (including phenoxy) is 1. The van der Waals surface area contributed by atoms with E-state index in [1.54, 1.807) is 20.8 Å². The Balaban J connectivity index is 2.77. The fraction of sp³-hybridized carbons (Fsp3) is 0.417. The summed E-state index contributed by atoms with van der Waals surface area (Å²) in [6.07, 6.45) is -3.28. The molecular formula is C12H16F2N2O2. The van der Waals surface area contributed by atoms with Crippen molar-refractivity contribution in [3.63, 3.8) is 0 Å². The predicted molar refractivity (Wildman–Crippen MR) is 65.7 cm³/mol. The number of nitrogens with two attached hydrogens (primary N) is 1. The number of hydrogen-bond acceptors (Lipinski definition) is 3. The van der Waals surface area contributed by atoms with Gasteiger partial charge in [-0.25, -0.2) is 13.6 Å². The number of rotatable bonds is 2. The fourth-order valence-electron chi connectivity index (χ4n) is 1.24. The predicted octanol–water partition coefficient (Wildman–Crippen LogP) is 3.55. The molecule has 4 nitrogen and oxygen atoms in total. The van der Waals surface area contributed by atoms with Gasteiger partial charge in [0.2, 0.25) is 0 Å². The summed E-state index contributed by atoms with van der Waals surface area (Å²) in [5.41, 5.74) is 5.05. The monoisotopic (exact) mass is 258 g/mol. The Morgan fingerprint density at radius 2 is 2.00 bits per heavy atom. The Morgan fingerprint density at radius 3 is 2.44 bits per heavy atom. The Kier molecular flexibility index (Phi) is 4.11. The molecule has 0 heterocycles. The number of halogens is 2. The Morgan fingerprint density at radius 1 is 1.39 bits per heavy atom. The maximum Gasteiger partial charge on any atom is 0.412 e. The van der Waals surface area contributed by atoms with Gasteiger partial charge in [-0.15, -0.1) is 0 Å². The maximum atomic E-state index is 12.4. The van der Waals surface area contributed by atoms with E-state index >= 15 is 0 Å². The van der Waals surface area contributed by atoms with Crippen LogP contribution in [-0.4, -0.2) is 11.7 Å². The van der Waals surface area contributed by atoms with E-state index in [0.717, 1.165) is 6.07 Å². The van der Waals surface area contributed by atoms with Crippen LogP contribution in [0.1, 0.15) is 32.8 Å². The maximum absolute atomic E-state index is 12.4. The number of hydrogen-bond donors (Lipinski definition) is 2. The first-order valence-corrected chi connectivity index (χ1v) is 5.36. The summed E-state index contributed by atoms with van der Waals surface area (Å²) in [6.45, 7) is 5.15. The smallest absolute Gasteiger partial charge is 0.412 e. The van der Waals surface area contributed by atoms with Crippen LogP contribution in [0.2, 0.25) is 0 Å². The summed E-state index contributed by atoms with van der Waals surface area (Å²) in [6, 6.07) is 3.64. The molecule has 100 valence electrons. The van der Waals surface area contributed by atoms with Crippen molar-refractivity contribution in [3.8, 4) is 0 Å². The summed E-state index contributed by atoms with van der Waals surface area (Å²) >= 11 is 0. The van der Waals surface area contributed by atoms with E-state index in [-0.39, 0.29) is 16.9 Å². The molecule has 0 unspecified atom stereocenters. The summed E-state index contributed by atoms with van der Waals surface area (Å²) in [7, 11) is 0.